The third kappa shape index (κ3) is 4.65. The molecular formula is C16H20N2O2S. The number of aromatic hydroxyl groups is 1. The first-order chi connectivity index (χ1) is 10.1. The van der Waals surface area contributed by atoms with Crippen LogP contribution in [0.25, 0.3) is 0 Å². The average Bonchev–Trinajstić information content (AvgIpc) is 2.47. The van der Waals surface area contributed by atoms with Crippen LogP contribution in [0, 0.1) is 6.92 Å². The highest BCUT2D eigenvalue weighted by Gasteiger charge is 2.14. The van der Waals surface area contributed by atoms with Gasteiger partial charge in [0.1, 0.15) is 5.75 Å². The van der Waals surface area contributed by atoms with E-state index >= 15 is 0 Å². The molecule has 0 saturated heterocycles. The second-order valence-electron chi connectivity index (χ2n) is 5.00. The van der Waals surface area contributed by atoms with E-state index in [-0.39, 0.29) is 11.8 Å². The molecule has 2 rings (SSSR count). The first-order valence-electron chi connectivity index (χ1n) is 6.80. The highest BCUT2D eigenvalue weighted by Crippen LogP contribution is 2.18. The van der Waals surface area contributed by atoms with Gasteiger partial charge in [0, 0.05) is 41.1 Å². The van der Waals surface area contributed by atoms with Crippen LogP contribution in [0.3, 0.4) is 0 Å². The molecule has 4 nitrogen and oxygen atoms in total. The van der Waals surface area contributed by atoms with E-state index in [9.17, 15) is 9.32 Å². The number of hydrogen-bond donors (Lipinski definition) is 2. The molecule has 0 aliphatic carbocycles. The number of nitrogens with zero attached hydrogens (tertiary/aromatic N) is 1. The molecule has 1 aromatic carbocycles. The van der Waals surface area contributed by atoms with Crippen molar-refractivity contribution in [1.82, 2.24) is 10.3 Å². The van der Waals surface area contributed by atoms with E-state index in [1.54, 1.807) is 18.4 Å². The Bertz CT molecular complexity index is 617. The van der Waals surface area contributed by atoms with Crippen LogP contribution in [0.4, 0.5) is 0 Å². The SMILES string of the molecule is Cc1ccc(O)c(CNC(CS(C)=O)c2ccccc2)n1. The fourth-order valence-corrected chi connectivity index (χ4v) is 2.93. The average molecular weight is 304 g/mol. The summed E-state index contributed by atoms with van der Waals surface area (Å²) in [6.45, 7) is 2.32. The van der Waals surface area contributed by atoms with Crippen molar-refractivity contribution in [2.45, 2.75) is 19.5 Å². The summed E-state index contributed by atoms with van der Waals surface area (Å²) in [4.78, 5) is 4.33. The van der Waals surface area contributed by atoms with Gasteiger partial charge >= 0.3 is 0 Å². The van der Waals surface area contributed by atoms with Crippen molar-refractivity contribution in [1.29, 1.82) is 0 Å². The molecule has 0 fully saturated rings. The van der Waals surface area contributed by atoms with Crippen molar-refractivity contribution in [2.75, 3.05) is 12.0 Å². The number of nitrogens with one attached hydrogen (secondary N) is 1. The maximum absolute atomic E-state index is 11.6. The van der Waals surface area contributed by atoms with E-state index in [2.05, 4.69) is 10.3 Å². The van der Waals surface area contributed by atoms with Gasteiger partial charge in [0.15, 0.2) is 0 Å². The number of benzene rings is 1. The van der Waals surface area contributed by atoms with Gasteiger partial charge < -0.3 is 10.4 Å². The fraction of sp³-hybridized carbons (Fsp3) is 0.312. The van der Waals surface area contributed by atoms with Gasteiger partial charge in [-0.2, -0.15) is 0 Å². The number of aromatic nitrogens is 1. The van der Waals surface area contributed by atoms with E-state index in [4.69, 9.17) is 0 Å². The van der Waals surface area contributed by atoms with Crippen LogP contribution in [-0.2, 0) is 17.3 Å². The molecule has 0 spiro atoms. The molecule has 2 N–H and O–H groups in total. The summed E-state index contributed by atoms with van der Waals surface area (Å²) in [7, 11) is -0.909. The molecule has 2 unspecified atom stereocenters. The van der Waals surface area contributed by atoms with Crippen molar-refractivity contribution in [3.63, 3.8) is 0 Å². The lowest BCUT2D eigenvalue weighted by Crippen LogP contribution is -2.26. The van der Waals surface area contributed by atoms with Gasteiger partial charge in [-0.15, -0.1) is 0 Å². The number of pyridine rings is 1. The predicted molar refractivity (Wildman–Crippen MR) is 85.6 cm³/mol. The molecule has 112 valence electrons. The Labute approximate surface area is 127 Å². The second-order valence-corrected chi connectivity index (χ2v) is 6.48. The quantitative estimate of drug-likeness (QED) is 0.859. The molecule has 5 heteroatoms. The Kier molecular flexibility index (Phi) is 5.47. The minimum Gasteiger partial charge on any atom is -0.506 e. The van der Waals surface area contributed by atoms with Gasteiger partial charge in [0.05, 0.1) is 5.69 Å². The van der Waals surface area contributed by atoms with Crippen molar-refractivity contribution < 1.29 is 9.32 Å². The van der Waals surface area contributed by atoms with Crippen LogP contribution in [0.1, 0.15) is 23.0 Å². The van der Waals surface area contributed by atoms with Crippen LogP contribution in [0.5, 0.6) is 5.75 Å². The van der Waals surface area contributed by atoms with Crippen LogP contribution in [-0.4, -0.2) is 26.3 Å². The van der Waals surface area contributed by atoms with Crippen molar-refractivity contribution in [3.8, 4) is 5.75 Å². The topological polar surface area (TPSA) is 62.2 Å². The standard InChI is InChI=1S/C16H20N2O2S/c1-12-8-9-16(19)14(18-12)10-17-15(11-21(2)20)13-6-4-3-5-7-13/h3-9,15,17,19H,10-11H2,1-2H3. The first-order valence-corrected chi connectivity index (χ1v) is 8.53. The molecule has 0 aliphatic heterocycles. The van der Waals surface area contributed by atoms with Gasteiger partial charge in [-0.05, 0) is 24.6 Å². The minimum absolute atomic E-state index is 0.0289. The predicted octanol–water partition coefficient (Wildman–Crippen LogP) is 2.31. The fourth-order valence-electron chi connectivity index (χ4n) is 2.15. The smallest absolute Gasteiger partial charge is 0.138 e. The molecule has 0 aliphatic rings. The summed E-state index contributed by atoms with van der Waals surface area (Å²) in [5.74, 6) is 0.703. The molecule has 1 aromatic heterocycles. The van der Waals surface area contributed by atoms with E-state index in [1.165, 1.54) is 0 Å². The molecule has 2 aromatic rings. The van der Waals surface area contributed by atoms with Crippen LogP contribution in [0.2, 0.25) is 0 Å². The number of hydrogen-bond acceptors (Lipinski definition) is 4. The van der Waals surface area contributed by atoms with Crippen LogP contribution >= 0.6 is 0 Å². The van der Waals surface area contributed by atoms with Crippen LogP contribution in [0.15, 0.2) is 42.5 Å². The van der Waals surface area contributed by atoms with Gasteiger partial charge in [-0.25, -0.2) is 0 Å². The molecule has 21 heavy (non-hydrogen) atoms. The molecule has 0 radical (unpaired) electrons. The van der Waals surface area contributed by atoms with E-state index in [0.29, 0.717) is 18.0 Å². The zero-order chi connectivity index (χ0) is 15.2. The van der Waals surface area contributed by atoms with Gasteiger partial charge in [-0.1, -0.05) is 30.3 Å². The molecule has 0 bridgehead atoms. The Hall–Kier alpha value is -1.72. The van der Waals surface area contributed by atoms with Gasteiger partial charge in [-0.3, -0.25) is 9.19 Å². The molecule has 0 saturated carbocycles. The van der Waals surface area contributed by atoms with Crippen molar-refractivity contribution in [3.05, 3.63) is 59.4 Å². The minimum atomic E-state index is -0.909. The maximum atomic E-state index is 11.6. The van der Waals surface area contributed by atoms with E-state index in [0.717, 1.165) is 11.3 Å². The van der Waals surface area contributed by atoms with Gasteiger partial charge in [0.25, 0.3) is 0 Å². The molecule has 1 heterocycles. The van der Waals surface area contributed by atoms with Crippen molar-refractivity contribution in [2.24, 2.45) is 0 Å². The summed E-state index contributed by atoms with van der Waals surface area (Å²) in [6.07, 6.45) is 1.69. The number of aryl methyl sites for hydroxylation is 1. The Morgan fingerprint density at radius 1 is 1.24 bits per heavy atom. The van der Waals surface area contributed by atoms with E-state index < -0.39 is 10.8 Å². The molecular weight excluding hydrogens is 284 g/mol. The van der Waals surface area contributed by atoms with E-state index in [1.807, 2.05) is 37.3 Å². The number of rotatable bonds is 6. The maximum Gasteiger partial charge on any atom is 0.138 e. The lowest BCUT2D eigenvalue weighted by Gasteiger charge is -2.18. The van der Waals surface area contributed by atoms with Gasteiger partial charge in [0.2, 0.25) is 0 Å². The Morgan fingerprint density at radius 3 is 2.62 bits per heavy atom. The largest absolute Gasteiger partial charge is 0.506 e. The third-order valence-electron chi connectivity index (χ3n) is 3.21. The first kappa shape index (κ1) is 15.7. The zero-order valence-electron chi connectivity index (χ0n) is 12.2. The lowest BCUT2D eigenvalue weighted by molar-refractivity contribution is 0.454. The summed E-state index contributed by atoms with van der Waals surface area (Å²) in [6, 6.07) is 13.3. The second kappa shape index (κ2) is 7.33. The normalized spacial score (nSPS) is 13.8. The lowest BCUT2D eigenvalue weighted by atomic mass is 10.1. The molecule has 2 atom stereocenters. The zero-order valence-corrected chi connectivity index (χ0v) is 13.1. The molecule has 0 amide bonds. The highest BCUT2D eigenvalue weighted by molar-refractivity contribution is 7.84. The Morgan fingerprint density at radius 2 is 1.95 bits per heavy atom. The summed E-state index contributed by atoms with van der Waals surface area (Å²) in [5.41, 5.74) is 2.55. The van der Waals surface area contributed by atoms with Crippen molar-refractivity contribution >= 4 is 10.8 Å². The Balaban J connectivity index is 2.12. The highest BCUT2D eigenvalue weighted by atomic mass is 32.2. The third-order valence-corrected chi connectivity index (χ3v) is 4.01. The monoisotopic (exact) mass is 304 g/mol. The summed E-state index contributed by atoms with van der Waals surface area (Å²) < 4.78 is 11.6. The summed E-state index contributed by atoms with van der Waals surface area (Å²) >= 11 is 0. The van der Waals surface area contributed by atoms with Crippen LogP contribution < -0.4 is 5.32 Å². The summed E-state index contributed by atoms with van der Waals surface area (Å²) in [5, 5.41) is 13.2.